The minimum Gasteiger partial charge on any atom is -0.454 e. The van der Waals surface area contributed by atoms with Gasteiger partial charge in [-0.1, -0.05) is 31.5 Å². The molecule has 158 valence electrons. The second kappa shape index (κ2) is 8.25. The summed E-state index contributed by atoms with van der Waals surface area (Å²) in [6, 6.07) is 8.67. The molecule has 1 N–H and O–H groups in total. The van der Waals surface area contributed by atoms with Gasteiger partial charge in [-0.3, -0.25) is 14.5 Å². The lowest BCUT2D eigenvalue weighted by atomic mass is 9.75. The number of carbonyl (C=O) groups is 3. The molecule has 0 unspecified atom stereocenters. The Labute approximate surface area is 173 Å². The molecule has 1 saturated carbocycles. The van der Waals surface area contributed by atoms with E-state index >= 15 is 0 Å². The Bertz CT molecular complexity index is 934. The minimum absolute atomic E-state index is 0.133. The molecule has 2 aliphatic rings. The molecule has 0 atom stereocenters. The van der Waals surface area contributed by atoms with E-state index in [9.17, 15) is 14.4 Å². The van der Waals surface area contributed by atoms with E-state index in [0.717, 1.165) is 29.7 Å². The SMILES string of the molecule is CCC1CCC2(CC1)NC(=O)N(CC(=O)OCc1nnc(-c3ccccc3)o1)C2=O. The molecule has 2 fully saturated rings. The second-order valence-corrected chi connectivity index (χ2v) is 7.78. The fraction of sp³-hybridized carbons (Fsp3) is 0.476. The van der Waals surface area contributed by atoms with Crippen LogP contribution in [0.2, 0.25) is 0 Å². The Morgan fingerprint density at radius 3 is 2.67 bits per heavy atom. The highest BCUT2D eigenvalue weighted by molar-refractivity contribution is 6.08. The van der Waals surface area contributed by atoms with E-state index in [1.807, 2.05) is 30.3 Å². The summed E-state index contributed by atoms with van der Waals surface area (Å²) < 4.78 is 10.6. The Balaban J connectivity index is 1.32. The summed E-state index contributed by atoms with van der Waals surface area (Å²) in [5, 5.41) is 10.6. The molecule has 2 heterocycles. The zero-order valence-corrected chi connectivity index (χ0v) is 16.8. The van der Waals surface area contributed by atoms with Crippen LogP contribution in [0.25, 0.3) is 11.5 Å². The van der Waals surface area contributed by atoms with Crippen molar-refractivity contribution >= 4 is 17.9 Å². The number of aromatic nitrogens is 2. The van der Waals surface area contributed by atoms with Gasteiger partial charge in [-0.25, -0.2) is 4.79 Å². The first-order valence-corrected chi connectivity index (χ1v) is 10.2. The molecule has 1 aromatic carbocycles. The van der Waals surface area contributed by atoms with Crippen molar-refractivity contribution in [2.75, 3.05) is 6.54 Å². The lowest BCUT2D eigenvalue weighted by molar-refractivity contribution is -0.149. The van der Waals surface area contributed by atoms with Crippen LogP contribution in [0.3, 0.4) is 0 Å². The fourth-order valence-corrected chi connectivity index (χ4v) is 4.06. The van der Waals surface area contributed by atoms with Gasteiger partial charge in [0.15, 0.2) is 6.61 Å². The Morgan fingerprint density at radius 2 is 1.97 bits per heavy atom. The van der Waals surface area contributed by atoms with E-state index in [1.54, 1.807) is 0 Å². The van der Waals surface area contributed by atoms with Crippen LogP contribution in [0.5, 0.6) is 0 Å². The molecule has 0 radical (unpaired) electrons. The average molecular weight is 412 g/mol. The summed E-state index contributed by atoms with van der Waals surface area (Å²) >= 11 is 0. The topological polar surface area (TPSA) is 115 Å². The lowest BCUT2D eigenvalue weighted by Gasteiger charge is -2.34. The average Bonchev–Trinajstić information content (AvgIpc) is 3.33. The van der Waals surface area contributed by atoms with Crippen LogP contribution in [-0.2, 0) is 20.9 Å². The number of hydrogen-bond acceptors (Lipinski definition) is 7. The summed E-state index contributed by atoms with van der Waals surface area (Å²) in [5.41, 5.74) is -0.120. The third kappa shape index (κ3) is 3.92. The van der Waals surface area contributed by atoms with Gasteiger partial charge in [0.2, 0.25) is 5.89 Å². The molecule has 1 aliphatic heterocycles. The molecular weight excluding hydrogens is 388 g/mol. The molecule has 1 aromatic heterocycles. The normalized spacial score (nSPS) is 23.6. The predicted molar refractivity (Wildman–Crippen MR) is 105 cm³/mol. The number of esters is 1. The number of benzene rings is 1. The van der Waals surface area contributed by atoms with Crippen molar-refractivity contribution < 1.29 is 23.5 Å². The summed E-state index contributed by atoms with van der Waals surface area (Å²) in [6.07, 6.45) is 4.05. The van der Waals surface area contributed by atoms with Crippen LogP contribution >= 0.6 is 0 Å². The molecule has 4 rings (SSSR count). The molecule has 1 aliphatic carbocycles. The number of imide groups is 1. The molecule has 30 heavy (non-hydrogen) atoms. The van der Waals surface area contributed by atoms with Gasteiger partial charge in [0.1, 0.15) is 12.1 Å². The molecule has 3 amide bonds. The zero-order chi connectivity index (χ0) is 21.1. The summed E-state index contributed by atoms with van der Waals surface area (Å²) in [4.78, 5) is 38.3. The van der Waals surface area contributed by atoms with Gasteiger partial charge in [-0.05, 0) is 43.7 Å². The molecular formula is C21H24N4O5. The van der Waals surface area contributed by atoms with Gasteiger partial charge < -0.3 is 14.5 Å². The first-order valence-electron chi connectivity index (χ1n) is 10.2. The number of hydrogen-bond donors (Lipinski definition) is 1. The van der Waals surface area contributed by atoms with E-state index in [4.69, 9.17) is 9.15 Å². The smallest absolute Gasteiger partial charge is 0.326 e. The third-order valence-electron chi connectivity index (χ3n) is 5.91. The molecule has 1 saturated heterocycles. The van der Waals surface area contributed by atoms with Gasteiger partial charge in [0.05, 0.1) is 0 Å². The van der Waals surface area contributed by atoms with Crippen LogP contribution in [0, 0.1) is 5.92 Å². The van der Waals surface area contributed by atoms with E-state index in [2.05, 4.69) is 22.4 Å². The zero-order valence-electron chi connectivity index (χ0n) is 16.8. The maximum Gasteiger partial charge on any atom is 0.326 e. The van der Waals surface area contributed by atoms with Crippen molar-refractivity contribution in [3.05, 3.63) is 36.2 Å². The van der Waals surface area contributed by atoms with Crippen LogP contribution in [0.15, 0.2) is 34.7 Å². The lowest BCUT2D eigenvalue weighted by Crippen LogP contribution is -2.49. The molecule has 1 spiro atoms. The quantitative estimate of drug-likeness (QED) is 0.573. The third-order valence-corrected chi connectivity index (χ3v) is 5.91. The predicted octanol–water partition coefficient (Wildman–Crippen LogP) is 2.67. The first-order chi connectivity index (χ1) is 14.5. The van der Waals surface area contributed by atoms with E-state index in [-0.39, 0.29) is 18.4 Å². The van der Waals surface area contributed by atoms with Gasteiger partial charge >= 0.3 is 12.0 Å². The Kier molecular flexibility index (Phi) is 5.52. The van der Waals surface area contributed by atoms with Crippen LogP contribution in [-0.4, -0.2) is 45.1 Å². The number of rotatable bonds is 6. The number of urea groups is 1. The maximum atomic E-state index is 12.9. The van der Waals surface area contributed by atoms with Crippen molar-refractivity contribution in [2.24, 2.45) is 5.92 Å². The number of ether oxygens (including phenoxy) is 1. The fourth-order valence-electron chi connectivity index (χ4n) is 4.06. The van der Waals surface area contributed by atoms with Crippen molar-refractivity contribution in [3.63, 3.8) is 0 Å². The first kappa shape index (κ1) is 20.1. The van der Waals surface area contributed by atoms with E-state index in [1.165, 1.54) is 0 Å². The van der Waals surface area contributed by atoms with Crippen LogP contribution < -0.4 is 5.32 Å². The van der Waals surface area contributed by atoms with Crippen molar-refractivity contribution in [2.45, 2.75) is 51.2 Å². The highest BCUT2D eigenvalue weighted by Crippen LogP contribution is 2.37. The number of amides is 3. The molecule has 0 bridgehead atoms. The minimum atomic E-state index is -0.875. The number of nitrogens with one attached hydrogen (secondary N) is 1. The van der Waals surface area contributed by atoms with Gasteiger partial charge in [-0.2, -0.15) is 0 Å². The van der Waals surface area contributed by atoms with Crippen molar-refractivity contribution in [1.29, 1.82) is 0 Å². The van der Waals surface area contributed by atoms with Crippen LogP contribution in [0.4, 0.5) is 4.79 Å². The summed E-state index contributed by atoms with van der Waals surface area (Å²) in [7, 11) is 0. The molecule has 9 nitrogen and oxygen atoms in total. The monoisotopic (exact) mass is 412 g/mol. The largest absolute Gasteiger partial charge is 0.454 e. The number of nitrogens with zero attached hydrogens (tertiary/aromatic N) is 3. The summed E-state index contributed by atoms with van der Waals surface area (Å²) in [6.45, 7) is 1.46. The highest BCUT2D eigenvalue weighted by Gasteiger charge is 2.52. The van der Waals surface area contributed by atoms with Crippen molar-refractivity contribution in [1.82, 2.24) is 20.4 Å². The summed E-state index contributed by atoms with van der Waals surface area (Å²) in [5.74, 6) is -0.0240. The number of carbonyl (C=O) groups excluding carboxylic acids is 3. The van der Waals surface area contributed by atoms with Crippen LogP contribution in [0.1, 0.15) is 44.9 Å². The molecule has 9 heteroatoms. The van der Waals surface area contributed by atoms with E-state index in [0.29, 0.717) is 24.7 Å². The Morgan fingerprint density at radius 1 is 1.23 bits per heavy atom. The van der Waals surface area contributed by atoms with Gasteiger partial charge in [0, 0.05) is 5.56 Å². The van der Waals surface area contributed by atoms with Gasteiger partial charge in [-0.15, -0.1) is 10.2 Å². The Hall–Kier alpha value is -3.23. The highest BCUT2D eigenvalue weighted by atomic mass is 16.5. The van der Waals surface area contributed by atoms with Gasteiger partial charge in [0.25, 0.3) is 11.8 Å². The standard InChI is InChI=1S/C21H24N4O5/c1-2-14-8-10-21(11-9-14)19(27)25(20(28)22-21)12-17(26)29-13-16-23-24-18(30-16)15-6-4-3-5-7-15/h3-7,14H,2,8-13H2,1H3,(H,22,28). The second-order valence-electron chi connectivity index (χ2n) is 7.78. The van der Waals surface area contributed by atoms with Crippen molar-refractivity contribution in [3.8, 4) is 11.5 Å². The maximum absolute atomic E-state index is 12.9. The molecule has 2 aromatic rings. The van der Waals surface area contributed by atoms with E-state index < -0.39 is 24.1 Å².